The highest BCUT2D eigenvalue weighted by Crippen LogP contribution is 2.25. The summed E-state index contributed by atoms with van der Waals surface area (Å²) < 4.78 is 5.39. The van der Waals surface area contributed by atoms with Crippen molar-refractivity contribution in [3.63, 3.8) is 0 Å². The number of fused-ring (bicyclic) bond motifs is 1. The number of morpholine rings is 1. The molecule has 26 heavy (non-hydrogen) atoms. The summed E-state index contributed by atoms with van der Waals surface area (Å²) in [5.74, 6) is 0.372. The number of ether oxygens (including phenoxy) is 1. The lowest BCUT2D eigenvalue weighted by Crippen LogP contribution is -2.36. The molecular formula is C20H24N4O2. The van der Waals surface area contributed by atoms with Crippen LogP contribution < -0.4 is 15.5 Å². The van der Waals surface area contributed by atoms with Crippen LogP contribution in [0.5, 0.6) is 0 Å². The van der Waals surface area contributed by atoms with Crippen LogP contribution in [0.2, 0.25) is 0 Å². The Morgan fingerprint density at radius 1 is 1.27 bits per heavy atom. The Bertz CT molecular complexity index is 802. The number of amides is 1. The Morgan fingerprint density at radius 3 is 2.96 bits per heavy atom. The fourth-order valence-corrected chi connectivity index (χ4v) is 3.61. The number of anilines is 2. The smallest absolute Gasteiger partial charge is 0.255 e. The third kappa shape index (κ3) is 3.57. The average molecular weight is 352 g/mol. The van der Waals surface area contributed by atoms with Gasteiger partial charge < -0.3 is 20.3 Å². The highest BCUT2D eigenvalue weighted by atomic mass is 16.5. The number of pyridine rings is 1. The average Bonchev–Trinajstić information content (AvgIpc) is 2.69. The van der Waals surface area contributed by atoms with Gasteiger partial charge in [0, 0.05) is 31.7 Å². The molecule has 1 unspecified atom stereocenters. The molecule has 2 N–H and O–H groups in total. The van der Waals surface area contributed by atoms with Gasteiger partial charge in [-0.15, -0.1) is 0 Å². The van der Waals surface area contributed by atoms with Crippen LogP contribution in [0, 0.1) is 0 Å². The van der Waals surface area contributed by atoms with Crippen LogP contribution in [0.4, 0.5) is 11.4 Å². The molecule has 6 nitrogen and oxygen atoms in total. The van der Waals surface area contributed by atoms with Gasteiger partial charge in [-0.2, -0.15) is 0 Å². The van der Waals surface area contributed by atoms with Crippen LogP contribution in [0.25, 0.3) is 0 Å². The maximum Gasteiger partial charge on any atom is 0.255 e. The van der Waals surface area contributed by atoms with Gasteiger partial charge >= 0.3 is 0 Å². The molecule has 2 aliphatic rings. The number of nitrogens with zero attached hydrogens (tertiary/aromatic N) is 2. The van der Waals surface area contributed by atoms with E-state index in [1.807, 2.05) is 24.4 Å². The largest absolute Gasteiger partial charge is 0.378 e. The summed E-state index contributed by atoms with van der Waals surface area (Å²) in [6, 6.07) is 7.96. The normalized spacial score (nSPS) is 19.7. The first kappa shape index (κ1) is 17.0. The van der Waals surface area contributed by atoms with Gasteiger partial charge in [0.25, 0.3) is 5.91 Å². The Labute approximate surface area is 153 Å². The van der Waals surface area contributed by atoms with E-state index in [0.717, 1.165) is 45.1 Å². The van der Waals surface area contributed by atoms with E-state index in [9.17, 15) is 4.79 Å². The van der Waals surface area contributed by atoms with Gasteiger partial charge in [-0.05, 0) is 35.2 Å². The predicted octanol–water partition coefficient (Wildman–Crippen LogP) is 2.38. The first-order chi connectivity index (χ1) is 12.7. The van der Waals surface area contributed by atoms with Gasteiger partial charge in [-0.1, -0.05) is 13.0 Å². The fourth-order valence-electron chi connectivity index (χ4n) is 3.61. The summed E-state index contributed by atoms with van der Waals surface area (Å²) in [7, 11) is 0. The second kappa shape index (κ2) is 7.43. The molecule has 1 saturated heterocycles. The SMILES string of the molecule is CC1CNCc2cc(C(=O)Nc3cncc(N4CCOCC4)c3)ccc21. The van der Waals surface area contributed by atoms with Crippen LogP contribution in [-0.4, -0.2) is 43.7 Å². The van der Waals surface area contributed by atoms with E-state index in [4.69, 9.17) is 4.74 Å². The summed E-state index contributed by atoms with van der Waals surface area (Å²) in [6.07, 6.45) is 3.51. The topological polar surface area (TPSA) is 66.5 Å². The van der Waals surface area contributed by atoms with Crippen molar-refractivity contribution in [3.8, 4) is 0 Å². The maximum atomic E-state index is 12.7. The first-order valence-corrected chi connectivity index (χ1v) is 9.13. The minimum Gasteiger partial charge on any atom is -0.378 e. The van der Waals surface area contributed by atoms with E-state index in [-0.39, 0.29) is 5.91 Å². The zero-order valence-electron chi connectivity index (χ0n) is 15.0. The van der Waals surface area contributed by atoms with Gasteiger partial charge in [-0.25, -0.2) is 0 Å². The maximum absolute atomic E-state index is 12.7. The van der Waals surface area contributed by atoms with Crippen molar-refractivity contribution in [1.82, 2.24) is 10.3 Å². The van der Waals surface area contributed by atoms with Crippen molar-refractivity contribution in [1.29, 1.82) is 0 Å². The molecule has 0 bridgehead atoms. The van der Waals surface area contributed by atoms with Gasteiger partial charge in [-0.3, -0.25) is 9.78 Å². The number of nitrogens with one attached hydrogen (secondary N) is 2. The number of carbonyl (C=O) groups is 1. The number of hydrogen-bond acceptors (Lipinski definition) is 5. The molecule has 6 heteroatoms. The summed E-state index contributed by atoms with van der Waals surface area (Å²) in [6.45, 7) is 7.13. The van der Waals surface area contributed by atoms with Crippen LogP contribution >= 0.6 is 0 Å². The number of aromatic nitrogens is 1. The summed E-state index contributed by atoms with van der Waals surface area (Å²) in [5.41, 5.74) is 4.93. The van der Waals surface area contributed by atoms with Crippen LogP contribution in [-0.2, 0) is 11.3 Å². The highest BCUT2D eigenvalue weighted by molar-refractivity contribution is 6.04. The van der Waals surface area contributed by atoms with Crippen molar-refractivity contribution < 1.29 is 9.53 Å². The number of rotatable bonds is 3. The van der Waals surface area contributed by atoms with Crippen LogP contribution in [0.1, 0.15) is 34.3 Å². The Kier molecular flexibility index (Phi) is 4.86. The van der Waals surface area contributed by atoms with Crippen molar-refractivity contribution in [2.45, 2.75) is 19.4 Å². The molecule has 1 amide bonds. The zero-order valence-corrected chi connectivity index (χ0v) is 15.0. The minimum atomic E-state index is -0.105. The molecular weight excluding hydrogens is 328 g/mol. The minimum absolute atomic E-state index is 0.105. The van der Waals surface area contributed by atoms with E-state index in [1.165, 1.54) is 11.1 Å². The quantitative estimate of drug-likeness (QED) is 0.888. The number of carbonyl (C=O) groups excluding carboxylic acids is 1. The lowest BCUT2D eigenvalue weighted by Gasteiger charge is -2.28. The van der Waals surface area contributed by atoms with Crippen molar-refractivity contribution >= 4 is 17.3 Å². The van der Waals surface area contributed by atoms with Crippen LogP contribution in [0.15, 0.2) is 36.7 Å². The van der Waals surface area contributed by atoms with E-state index in [2.05, 4.69) is 33.5 Å². The molecule has 1 aromatic heterocycles. The second-order valence-corrected chi connectivity index (χ2v) is 6.93. The zero-order chi connectivity index (χ0) is 17.9. The fraction of sp³-hybridized carbons (Fsp3) is 0.400. The second-order valence-electron chi connectivity index (χ2n) is 6.93. The summed E-state index contributed by atoms with van der Waals surface area (Å²) >= 11 is 0. The van der Waals surface area contributed by atoms with Gasteiger partial charge in [0.15, 0.2) is 0 Å². The third-order valence-electron chi connectivity index (χ3n) is 5.06. The molecule has 2 aliphatic heterocycles. The standard InChI is InChI=1S/C20H24N4O2/c1-14-10-21-11-16-8-15(2-3-19(14)16)20(25)23-17-9-18(13-22-12-17)24-4-6-26-7-5-24/h2-3,8-9,12-14,21H,4-7,10-11H2,1H3,(H,23,25). The van der Waals surface area contributed by atoms with E-state index >= 15 is 0 Å². The molecule has 0 saturated carbocycles. The van der Waals surface area contributed by atoms with Crippen LogP contribution in [0.3, 0.4) is 0 Å². The van der Waals surface area contributed by atoms with E-state index < -0.39 is 0 Å². The first-order valence-electron chi connectivity index (χ1n) is 9.13. The Hall–Kier alpha value is -2.44. The lowest BCUT2D eigenvalue weighted by atomic mass is 9.91. The lowest BCUT2D eigenvalue weighted by molar-refractivity contribution is 0.102. The summed E-state index contributed by atoms with van der Waals surface area (Å²) in [4.78, 5) is 19.2. The molecule has 4 rings (SSSR count). The highest BCUT2D eigenvalue weighted by Gasteiger charge is 2.18. The number of hydrogen-bond donors (Lipinski definition) is 2. The van der Waals surface area contributed by atoms with Crippen molar-refractivity contribution in [2.24, 2.45) is 0 Å². The van der Waals surface area contributed by atoms with Crippen molar-refractivity contribution in [3.05, 3.63) is 53.3 Å². The van der Waals surface area contributed by atoms with Gasteiger partial charge in [0.2, 0.25) is 0 Å². The van der Waals surface area contributed by atoms with E-state index in [0.29, 0.717) is 17.2 Å². The van der Waals surface area contributed by atoms with Gasteiger partial charge in [0.1, 0.15) is 0 Å². The molecule has 3 heterocycles. The predicted molar refractivity (Wildman–Crippen MR) is 102 cm³/mol. The monoisotopic (exact) mass is 352 g/mol. The Morgan fingerprint density at radius 2 is 2.12 bits per heavy atom. The summed E-state index contributed by atoms with van der Waals surface area (Å²) in [5, 5.41) is 6.37. The van der Waals surface area contributed by atoms with E-state index in [1.54, 1.807) is 6.20 Å². The molecule has 136 valence electrons. The molecule has 0 spiro atoms. The molecule has 1 fully saturated rings. The molecule has 1 atom stereocenters. The molecule has 0 aliphatic carbocycles. The number of benzene rings is 1. The molecule has 1 aromatic carbocycles. The third-order valence-corrected chi connectivity index (χ3v) is 5.06. The Balaban J connectivity index is 1.49. The van der Waals surface area contributed by atoms with Gasteiger partial charge in [0.05, 0.1) is 37.0 Å². The van der Waals surface area contributed by atoms with Crippen molar-refractivity contribution in [2.75, 3.05) is 43.1 Å². The molecule has 0 radical (unpaired) electrons. The molecule has 2 aromatic rings.